The molecule has 10 heteroatoms. The van der Waals surface area contributed by atoms with Crippen molar-refractivity contribution in [3.63, 3.8) is 0 Å². The molecule has 0 aromatic carbocycles. The van der Waals surface area contributed by atoms with Gasteiger partial charge in [0.2, 0.25) is 5.91 Å². The molecule has 30 heavy (non-hydrogen) atoms. The second-order valence-electron chi connectivity index (χ2n) is 6.18. The van der Waals surface area contributed by atoms with Crippen LogP contribution in [0.25, 0.3) is 0 Å². The maximum absolute atomic E-state index is 13.6. The average molecular weight is 429 g/mol. The first kappa shape index (κ1) is 27.3. The van der Waals surface area contributed by atoms with Gasteiger partial charge in [-0.15, -0.1) is 0 Å². The van der Waals surface area contributed by atoms with Gasteiger partial charge in [0.1, 0.15) is 29.1 Å². The number of H-pyrrole nitrogens is 1. The third kappa shape index (κ3) is 10.7. The number of amides is 1. The maximum atomic E-state index is 13.6. The summed E-state index contributed by atoms with van der Waals surface area (Å²) in [5, 5.41) is 8.02. The summed E-state index contributed by atoms with van der Waals surface area (Å²) in [7, 11) is 0. The number of aldehydes is 1. The Morgan fingerprint density at radius 2 is 1.80 bits per heavy atom. The fourth-order valence-electron chi connectivity index (χ4n) is 1.97. The summed E-state index contributed by atoms with van der Waals surface area (Å²) in [4.78, 5) is 22.5. The Morgan fingerprint density at radius 1 is 1.13 bits per heavy atom. The molecule has 1 aromatic rings. The smallest absolute Gasteiger partial charge is 0.238 e. The zero-order valence-electron chi connectivity index (χ0n) is 17.3. The summed E-state index contributed by atoms with van der Waals surface area (Å²) in [6.07, 6.45) is 7.90. The minimum atomic E-state index is -1.63. The van der Waals surface area contributed by atoms with Gasteiger partial charge in [-0.25, -0.2) is 13.2 Å². The van der Waals surface area contributed by atoms with Crippen LogP contribution in [0, 0.1) is 5.92 Å². The van der Waals surface area contributed by atoms with Crippen LogP contribution in [0.15, 0.2) is 41.9 Å². The molecule has 1 aromatic heterocycles. The maximum Gasteiger partial charge on any atom is 0.238 e. The monoisotopic (exact) mass is 429 g/mol. The number of allylic oxidation sites excluding steroid dienone is 4. The van der Waals surface area contributed by atoms with Crippen molar-refractivity contribution in [1.82, 2.24) is 10.2 Å². The van der Waals surface area contributed by atoms with Gasteiger partial charge in [-0.05, 0) is 32.0 Å². The molecule has 2 rings (SSSR count). The molecular formula is C20H30F3N5O2. The lowest BCUT2D eigenvalue weighted by molar-refractivity contribution is -0.118. The van der Waals surface area contributed by atoms with E-state index in [-0.39, 0.29) is 11.4 Å². The Balaban J connectivity index is 0.000000703. The van der Waals surface area contributed by atoms with Gasteiger partial charge < -0.3 is 16.8 Å². The Bertz CT molecular complexity index is 739. The lowest BCUT2D eigenvalue weighted by Crippen LogP contribution is -2.22. The third-order valence-electron chi connectivity index (χ3n) is 3.60. The Kier molecular flexibility index (Phi) is 14.7. The van der Waals surface area contributed by atoms with Crippen molar-refractivity contribution in [1.29, 1.82) is 0 Å². The molecule has 1 amide bonds. The molecule has 6 N–H and O–H groups in total. The zero-order valence-corrected chi connectivity index (χ0v) is 17.3. The van der Waals surface area contributed by atoms with E-state index in [1.807, 2.05) is 0 Å². The molecule has 1 unspecified atom stereocenters. The first-order valence-corrected chi connectivity index (χ1v) is 9.65. The number of carbonyl (C=O) groups excluding carboxylic acids is 2. The third-order valence-corrected chi connectivity index (χ3v) is 3.60. The number of nitrogens with zero attached hydrogens (tertiary/aromatic N) is 1. The van der Waals surface area contributed by atoms with Crippen LogP contribution < -0.4 is 16.8 Å². The number of nitrogens with one attached hydrogen (secondary N) is 2. The Morgan fingerprint density at radius 3 is 2.30 bits per heavy atom. The van der Waals surface area contributed by atoms with Crippen molar-refractivity contribution < 1.29 is 22.8 Å². The molecule has 1 atom stereocenters. The standard InChI is InChI=1S/C12H8F3N3O2.C5H13N.C3H9N/c13-6-1-7(14)3-9(15)8(2-6)12(20)17-10-4-16-18-11(10)5-19;1-2-3-4-5-6;1-2-3-4/h1-5,8H,(H,16,18)(H,17,20);2-6H2,1H3;2-4H2,1H3. The van der Waals surface area contributed by atoms with Crippen LogP contribution in [-0.2, 0) is 4.79 Å². The number of hydrogen-bond donors (Lipinski definition) is 4. The molecule has 1 aliphatic rings. The quantitative estimate of drug-likeness (QED) is 0.387. The van der Waals surface area contributed by atoms with E-state index in [1.54, 1.807) is 0 Å². The molecular weight excluding hydrogens is 399 g/mol. The number of nitrogens with two attached hydrogens (primary N) is 2. The minimum absolute atomic E-state index is 0.0179. The van der Waals surface area contributed by atoms with E-state index in [0.717, 1.165) is 25.7 Å². The summed E-state index contributed by atoms with van der Waals surface area (Å²) in [6, 6.07) is 0. The summed E-state index contributed by atoms with van der Waals surface area (Å²) >= 11 is 0. The van der Waals surface area contributed by atoms with E-state index in [2.05, 4.69) is 29.4 Å². The summed E-state index contributed by atoms with van der Waals surface area (Å²) < 4.78 is 39.7. The predicted molar refractivity (Wildman–Crippen MR) is 112 cm³/mol. The summed E-state index contributed by atoms with van der Waals surface area (Å²) in [5.74, 6) is -5.95. The summed E-state index contributed by atoms with van der Waals surface area (Å²) in [6.45, 7) is 5.91. The van der Waals surface area contributed by atoms with Gasteiger partial charge in [-0.1, -0.05) is 26.7 Å². The first-order valence-electron chi connectivity index (χ1n) is 9.65. The highest BCUT2D eigenvalue weighted by atomic mass is 19.1. The van der Waals surface area contributed by atoms with Gasteiger partial charge in [0, 0.05) is 12.2 Å². The molecule has 0 radical (unpaired) electrons. The van der Waals surface area contributed by atoms with Gasteiger partial charge in [-0.2, -0.15) is 5.10 Å². The predicted octanol–water partition coefficient (Wildman–Crippen LogP) is 3.84. The van der Waals surface area contributed by atoms with Gasteiger partial charge in [0.05, 0.1) is 11.9 Å². The second kappa shape index (κ2) is 16.1. The lowest BCUT2D eigenvalue weighted by Gasteiger charge is -2.10. The Labute approximate surface area is 174 Å². The second-order valence-corrected chi connectivity index (χ2v) is 6.18. The number of aromatic nitrogens is 2. The number of halogens is 3. The van der Waals surface area contributed by atoms with E-state index in [1.165, 1.54) is 19.3 Å². The molecule has 0 fully saturated rings. The molecule has 0 spiro atoms. The van der Waals surface area contributed by atoms with E-state index in [9.17, 15) is 22.8 Å². The van der Waals surface area contributed by atoms with Crippen LogP contribution in [0.1, 0.15) is 50.0 Å². The van der Waals surface area contributed by atoms with Crippen molar-refractivity contribution in [3.8, 4) is 0 Å². The molecule has 168 valence electrons. The van der Waals surface area contributed by atoms with Crippen molar-refractivity contribution in [2.75, 3.05) is 18.4 Å². The first-order chi connectivity index (χ1) is 14.3. The van der Waals surface area contributed by atoms with Crippen molar-refractivity contribution >= 4 is 17.9 Å². The number of aromatic amines is 1. The molecule has 7 nitrogen and oxygen atoms in total. The number of anilines is 1. The SMILES string of the molecule is CCCCCN.CCCN.O=Cc1[nH]ncc1NC(=O)C1C=C(F)C=C(F)C=C1F. The van der Waals surface area contributed by atoms with Crippen LogP contribution in [0.5, 0.6) is 0 Å². The van der Waals surface area contributed by atoms with Crippen LogP contribution >= 0.6 is 0 Å². The van der Waals surface area contributed by atoms with Crippen LogP contribution in [0.3, 0.4) is 0 Å². The van der Waals surface area contributed by atoms with Crippen molar-refractivity contribution in [2.45, 2.75) is 39.5 Å². The van der Waals surface area contributed by atoms with Crippen LogP contribution in [0.2, 0.25) is 0 Å². The fourth-order valence-corrected chi connectivity index (χ4v) is 1.97. The fraction of sp³-hybridized carbons (Fsp3) is 0.450. The average Bonchev–Trinajstić information content (AvgIpc) is 3.12. The van der Waals surface area contributed by atoms with Gasteiger partial charge in [0.25, 0.3) is 0 Å². The number of rotatable bonds is 7. The molecule has 1 heterocycles. The molecule has 0 bridgehead atoms. The van der Waals surface area contributed by atoms with Crippen LogP contribution in [-0.4, -0.2) is 35.5 Å². The van der Waals surface area contributed by atoms with E-state index < -0.39 is 29.3 Å². The van der Waals surface area contributed by atoms with E-state index in [4.69, 9.17) is 11.5 Å². The van der Waals surface area contributed by atoms with E-state index >= 15 is 0 Å². The molecule has 0 saturated carbocycles. The van der Waals surface area contributed by atoms with Crippen LogP contribution in [0.4, 0.5) is 18.9 Å². The highest BCUT2D eigenvalue weighted by molar-refractivity contribution is 5.98. The molecule has 1 aliphatic carbocycles. The molecule has 0 aliphatic heterocycles. The number of hydrogen-bond acceptors (Lipinski definition) is 5. The van der Waals surface area contributed by atoms with E-state index in [0.29, 0.717) is 24.5 Å². The number of unbranched alkanes of at least 4 members (excludes halogenated alkanes) is 2. The highest BCUT2D eigenvalue weighted by Crippen LogP contribution is 2.26. The lowest BCUT2D eigenvalue weighted by atomic mass is 10.1. The molecule has 0 saturated heterocycles. The van der Waals surface area contributed by atoms with Gasteiger partial charge >= 0.3 is 0 Å². The largest absolute Gasteiger partial charge is 0.330 e. The topological polar surface area (TPSA) is 127 Å². The van der Waals surface area contributed by atoms with Gasteiger partial charge in [-0.3, -0.25) is 14.7 Å². The van der Waals surface area contributed by atoms with Crippen molar-refractivity contribution in [3.05, 3.63) is 47.6 Å². The highest BCUT2D eigenvalue weighted by Gasteiger charge is 2.25. The minimum Gasteiger partial charge on any atom is -0.330 e. The van der Waals surface area contributed by atoms with Gasteiger partial charge in [0.15, 0.2) is 6.29 Å². The number of carbonyl (C=O) groups is 2. The van der Waals surface area contributed by atoms with Crippen molar-refractivity contribution in [2.24, 2.45) is 17.4 Å². The normalized spacial score (nSPS) is 15.2. The zero-order chi connectivity index (χ0) is 22.9. The summed E-state index contributed by atoms with van der Waals surface area (Å²) in [5.41, 5.74) is 10.2. The Hall–Kier alpha value is -2.72.